The van der Waals surface area contributed by atoms with Gasteiger partial charge in [-0.05, 0) is 19.8 Å². The molecule has 2 atom stereocenters. The second kappa shape index (κ2) is 6.06. The highest BCUT2D eigenvalue weighted by Crippen LogP contribution is 2.20. The molecule has 1 heterocycles. The van der Waals surface area contributed by atoms with Crippen LogP contribution in [0.2, 0.25) is 0 Å². The smallest absolute Gasteiger partial charge is 0.337 e. The van der Waals surface area contributed by atoms with E-state index in [1.807, 2.05) is 0 Å². The standard InChI is InChI=1S/C11H20N2O6S/c1-11(17,10(15)16)7-12-9(14)8-5-3-4-6-13(8)20(2,18)19/h8,17H,3-7H2,1-2H3,(H,12,14)(H,15,16). The van der Waals surface area contributed by atoms with Crippen LogP contribution in [0.15, 0.2) is 0 Å². The van der Waals surface area contributed by atoms with Crippen molar-refractivity contribution < 1.29 is 28.2 Å². The van der Waals surface area contributed by atoms with Crippen molar-refractivity contribution in [2.45, 2.75) is 37.8 Å². The number of hydrogen-bond acceptors (Lipinski definition) is 5. The fraction of sp³-hybridized carbons (Fsp3) is 0.818. The molecule has 116 valence electrons. The number of carboxylic acid groups (broad SMARTS) is 1. The van der Waals surface area contributed by atoms with Crippen LogP contribution in [0.1, 0.15) is 26.2 Å². The van der Waals surface area contributed by atoms with E-state index in [9.17, 15) is 23.1 Å². The molecule has 1 aliphatic heterocycles. The minimum atomic E-state index is -3.50. The van der Waals surface area contributed by atoms with Gasteiger partial charge in [-0.15, -0.1) is 0 Å². The minimum Gasteiger partial charge on any atom is -0.479 e. The van der Waals surface area contributed by atoms with Crippen molar-refractivity contribution in [3.8, 4) is 0 Å². The summed E-state index contributed by atoms with van der Waals surface area (Å²) >= 11 is 0. The van der Waals surface area contributed by atoms with E-state index >= 15 is 0 Å². The third kappa shape index (κ3) is 4.15. The van der Waals surface area contributed by atoms with Crippen molar-refractivity contribution in [3.05, 3.63) is 0 Å². The lowest BCUT2D eigenvalue weighted by Crippen LogP contribution is -2.54. The largest absolute Gasteiger partial charge is 0.479 e. The zero-order valence-corrected chi connectivity index (χ0v) is 12.3. The molecule has 0 aliphatic carbocycles. The van der Waals surface area contributed by atoms with Crippen molar-refractivity contribution in [2.24, 2.45) is 0 Å². The van der Waals surface area contributed by atoms with Gasteiger partial charge in [-0.1, -0.05) is 6.42 Å². The zero-order chi connectivity index (χ0) is 15.6. The predicted molar refractivity (Wildman–Crippen MR) is 70.5 cm³/mol. The van der Waals surface area contributed by atoms with E-state index in [0.717, 1.165) is 23.9 Å². The first kappa shape index (κ1) is 16.9. The van der Waals surface area contributed by atoms with Crippen LogP contribution < -0.4 is 5.32 Å². The van der Waals surface area contributed by atoms with E-state index < -0.39 is 40.1 Å². The highest BCUT2D eigenvalue weighted by Gasteiger charge is 2.36. The van der Waals surface area contributed by atoms with Gasteiger partial charge in [0.05, 0.1) is 12.8 Å². The van der Waals surface area contributed by atoms with Gasteiger partial charge in [-0.2, -0.15) is 4.31 Å². The predicted octanol–water partition coefficient (Wildman–Crippen LogP) is -1.25. The van der Waals surface area contributed by atoms with E-state index in [1.54, 1.807) is 0 Å². The molecule has 0 radical (unpaired) electrons. The zero-order valence-electron chi connectivity index (χ0n) is 11.5. The first-order valence-corrected chi connectivity index (χ1v) is 8.11. The summed E-state index contributed by atoms with van der Waals surface area (Å²) in [7, 11) is -3.50. The number of nitrogens with zero attached hydrogens (tertiary/aromatic N) is 1. The Hall–Kier alpha value is -1.19. The maximum atomic E-state index is 12.0. The number of amides is 1. The van der Waals surface area contributed by atoms with Crippen LogP contribution in [0.3, 0.4) is 0 Å². The van der Waals surface area contributed by atoms with Gasteiger partial charge in [-0.25, -0.2) is 13.2 Å². The summed E-state index contributed by atoms with van der Waals surface area (Å²) in [6, 6.07) is -0.844. The van der Waals surface area contributed by atoms with Crippen LogP contribution >= 0.6 is 0 Å². The van der Waals surface area contributed by atoms with Crippen LogP contribution in [0.25, 0.3) is 0 Å². The molecule has 0 aromatic heterocycles. The molecule has 8 nitrogen and oxygen atoms in total. The van der Waals surface area contributed by atoms with Gasteiger partial charge in [-0.3, -0.25) is 4.79 Å². The second-order valence-electron chi connectivity index (χ2n) is 5.18. The van der Waals surface area contributed by atoms with Crippen LogP contribution in [-0.4, -0.2) is 65.8 Å². The third-order valence-corrected chi connectivity index (χ3v) is 4.54. The molecule has 1 saturated heterocycles. The molecule has 1 rings (SSSR count). The summed E-state index contributed by atoms with van der Waals surface area (Å²) in [4.78, 5) is 22.7. The van der Waals surface area contributed by atoms with Crippen LogP contribution in [0.5, 0.6) is 0 Å². The summed E-state index contributed by atoms with van der Waals surface area (Å²) in [5.41, 5.74) is -2.08. The lowest BCUT2D eigenvalue weighted by atomic mass is 10.0. The number of nitrogens with one attached hydrogen (secondary N) is 1. The average Bonchev–Trinajstić information content (AvgIpc) is 2.35. The van der Waals surface area contributed by atoms with Crippen molar-refractivity contribution in [1.29, 1.82) is 0 Å². The summed E-state index contributed by atoms with van der Waals surface area (Å²) in [5.74, 6) is -2.04. The average molecular weight is 308 g/mol. The summed E-state index contributed by atoms with van der Waals surface area (Å²) in [6.45, 7) is 0.853. The van der Waals surface area contributed by atoms with Gasteiger partial charge in [0.1, 0.15) is 6.04 Å². The van der Waals surface area contributed by atoms with Gasteiger partial charge in [0.2, 0.25) is 15.9 Å². The Labute approximate surface area is 117 Å². The SMILES string of the molecule is CC(O)(CNC(=O)C1CCCCN1S(C)(=O)=O)C(=O)O. The quantitative estimate of drug-likeness (QED) is 0.583. The molecule has 3 N–H and O–H groups in total. The topological polar surface area (TPSA) is 124 Å². The summed E-state index contributed by atoms with van der Waals surface area (Å²) in [6.07, 6.45) is 2.82. The number of carbonyl (C=O) groups is 2. The van der Waals surface area contributed by atoms with Crippen molar-refractivity contribution in [3.63, 3.8) is 0 Å². The normalized spacial score (nSPS) is 23.9. The summed E-state index contributed by atoms with van der Waals surface area (Å²) in [5, 5.41) is 20.6. The fourth-order valence-electron chi connectivity index (χ4n) is 2.02. The number of carboxylic acids is 1. The number of hydrogen-bond donors (Lipinski definition) is 3. The van der Waals surface area contributed by atoms with Crippen molar-refractivity contribution in [1.82, 2.24) is 9.62 Å². The Kier molecular flexibility index (Phi) is 5.11. The van der Waals surface area contributed by atoms with E-state index in [1.165, 1.54) is 0 Å². The second-order valence-corrected chi connectivity index (χ2v) is 7.12. The molecule has 9 heteroatoms. The highest BCUT2D eigenvalue weighted by molar-refractivity contribution is 7.88. The fourth-order valence-corrected chi connectivity index (χ4v) is 3.14. The minimum absolute atomic E-state index is 0.270. The highest BCUT2D eigenvalue weighted by atomic mass is 32.2. The number of carbonyl (C=O) groups excluding carboxylic acids is 1. The van der Waals surface area contributed by atoms with E-state index in [2.05, 4.69) is 5.32 Å². The molecule has 1 fully saturated rings. The van der Waals surface area contributed by atoms with Crippen LogP contribution in [-0.2, 0) is 19.6 Å². The van der Waals surface area contributed by atoms with Crippen molar-refractivity contribution >= 4 is 21.9 Å². The van der Waals surface area contributed by atoms with Gasteiger partial charge < -0.3 is 15.5 Å². The summed E-state index contributed by atoms with van der Waals surface area (Å²) < 4.78 is 24.3. The van der Waals surface area contributed by atoms with Gasteiger partial charge in [0.15, 0.2) is 5.60 Å². The molecule has 0 bridgehead atoms. The number of rotatable bonds is 5. The number of sulfonamides is 1. The van der Waals surface area contributed by atoms with E-state index in [0.29, 0.717) is 12.8 Å². The van der Waals surface area contributed by atoms with Gasteiger partial charge in [0, 0.05) is 6.54 Å². The Morgan fingerprint density at radius 1 is 1.40 bits per heavy atom. The van der Waals surface area contributed by atoms with E-state index in [4.69, 9.17) is 5.11 Å². The molecule has 0 aromatic carbocycles. The molecule has 0 saturated carbocycles. The Morgan fingerprint density at radius 2 is 2.00 bits per heavy atom. The monoisotopic (exact) mass is 308 g/mol. The molecule has 2 unspecified atom stereocenters. The van der Waals surface area contributed by atoms with Crippen molar-refractivity contribution in [2.75, 3.05) is 19.3 Å². The third-order valence-electron chi connectivity index (χ3n) is 3.25. The van der Waals surface area contributed by atoms with Crippen LogP contribution in [0.4, 0.5) is 0 Å². The Balaban J connectivity index is 2.72. The van der Waals surface area contributed by atoms with Gasteiger partial charge >= 0.3 is 5.97 Å². The molecule has 0 spiro atoms. The first-order chi connectivity index (χ1) is 9.05. The molecule has 0 aromatic rings. The molecule has 20 heavy (non-hydrogen) atoms. The molecule has 1 amide bonds. The molecule has 1 aliphatic rings. The Morgan fingerprint density at radius 3 is 2.50 bits per heavy atom. The molecular formula is C11H20N2O6S. The number of aliphatic carboxylic acids is 1. The maximum absolute atomic E-state index is 12.0. The lowest BCUT2D eigenvalue weighted by molar-refractivity contribution is -0.156. The maximum Gasteiger partial charge on any atom is 0.337 e. The first-order valence-electron chi connectivity index (χ1n) is 6.26. The lowest BCUT2D eigenvalue weighted by Gasteiger charge is -2.33. The number of aliphatic hydroxyl groups is 1. The number of piperidine rings is 1. The Bertz CT molecular complexity index is 487. The van der Waals surface area contributed by atoms with Crippen LogP contribution in [0, 0.1) is 0 Å². The molecular weight excluding hydrogens is 288 g/mol. The van der Waals surface area contributed by atoms with Gasteiger partial charge in [0.25, 0.3) is 0 Å². The van der Waals surface area contributed by atoms with E-state index in [-0.39, 0.29) is 6.54 Å².